The first-order valence-corrected chi connectivity index (χ1v) is 6.29. The van der Waals surface area contributed by atoms with E-state index in [2.05, 4.69) is 44.6 Å². The minimum Gasteiger partial charge on any atom is -0.314 e. The second-order valence-corrected chi connectivity index (χ2v) is 4.54. The van der Waals surface area contributed by atoms with Crippen LogP contribution in [0.2, 0.25) is 0 Å². The van der Waals surface area contributed by atoms with Gasteiger partial charge in [0.2, 0.25) is 0 Å². The van der Waals surface area contributed by atoms with Crippen molar-refractivity contribution < 1.29 is 0 Å². The van der Waals surface area contributed by atoms with Crippen LogP contribution >= 0.6 is 0 Å². The van der Waals surface area contributed by atoms with Crippen LogP contribution in [0.25, 0.3) is 5.69 Å². The first kappa shape index (κ1) is 11.4. The molecule has 2 aromatic rings. The van der Waals surface area contributed by atoms with Gasteiger partial charge < -0.3 is 5.32 Å². The Morgan fingerprint density at radius 3 is 2.89 bits per heavy atom. The van der Waals surface area contributed by atoms with Crippen molar-refractivity contribution in [3.8, 4) is 5.69 Å². The molecule has 0 bridgehead atoms. The molecule has 18 heavy (non-hydrogen) atoms. The van der Waals surface area contributed by atoms with Gasteiger partial charge in [-0.25, -0.2) is 9.67 Å². The highest BCUT2D eigenvalue weighted by molar-refractivity contribution is 5.34. The summed E-state index contributed by atoms with van der Waals surface area (Å²) < 4.78 is 1.79. The molecular formula is C13H17N5. The number of hydrogen-bond acceptors (Lipinski definition) is 4. The quantitative estimate of drug-likeness (QED) is 0.861. The summed E-state index contributed by atoms with van der Waals surface area (Å²) in [5.41, 5.74) is 2.39. The third-order valence-electron chi connectivity index (χ3n) is 3.21. The molecule has 0 radical (unpaired) electrons. The van der Waals surface area contributed by atoms with E-state index in [0.717, 1.165) is 38.4 Å². The van der Waals surface area contributed by atoms with Crippen LogP contribution in [0, 0.1) is 0 Å². The number of hydrogen-bond donors (Lipinski definition) is 1. The molecule has 5 nitrogen and oxygen atoms in total. The van der Waals surface area contributed by atoms with Crippen molar-refractivity contribution in [1.82, 2.24) is 25.0 Å². The SMILES string of the molecule is c1cc(CN2CCNCC2)cc(-n2cncn2)c1. The Bertz CT molecular complexity index is 488. The van der Waals surface area contributed by atoms with E-state index in [0.29, 0.717) is 0 Å². The lowest BCUT2D eigenvalue weighted by molar-refractivity contribution is 0.233. The highest BCUT2D eigenvalue weighted by Crippen LogP contribution is 2.11. The van der Waals surface area contributed by atoms with Crippen molar-refractivity contribution in [2.24, 2.45) is 0 Å². The molecule has 1 fully saturated rings. The van der Waals surface area contributed by atoms with E-state index in [-0.39, 0.29) is 0 Å². The molecule has 0 saturated carbocycles. The molecule has 0 amide bonds. The number of rotatable bonds is 3. The molecule has 0 unspecified atom stereocenters. The minimum absolute atomic E-state index is 1.00. The molecule has 1 aromatic heterocycles. The summed E-state index contributed by atoms with van der Waals surface area (Å²) in [6.07, 6.45) is 3.28. The number of benzene rings is 1. The molecule has 1 N–H and O–H groups in total. The lowest BCUT2D eigenvalue weighted by Gasteiger charge is -2.27. The van der Waals surface area contributed by atoms with Gasteiger partial charge in [0.15, 0.2) is 0 Å². The maximum absolute atomic E-state index is 4.16. The van der Waals surface area contributed by atoms with Crippen LogP contribution in [0.3, 0.4) is 0 Å². The second-order valence-electron chi connectivity index (χ2n) is 4.54. The lowest BCUT2D eigenvalue weighted by Crippen LogP contribution is -2.42. The van der Waals surface area contributed by atoms with Gasteiger partial charge in [0.05, 0.1) is 5.69 Å². The Kier molecular flexibility index (Phi) is 3.34. The average molecular weight is 243 g/mol. The Hall–Kier alpha value is -1.72. The van der Waals surface area contributed by atoms with Gasteiger partial charge in [0, 0.05) is 32.7 Å². The molecule has 1 saturated heterocycles. The minimum atomic E-state index is 1.00. The zero-order valence-corrected chi connectivity index (χ0v) is 10.3. The van der Waals surface area contributed by atoms with Gasteiger partial charge in [-0.1, -0.05) is 12.1 Å². The molecule has 0 atom stereocenters. The topological polar surface area (TPSA) is 46.0 Å². The van der Waals surface area contributed by atoms with E-state index in [1.54, 1.807) is 17.3 Å². The van der Waals surface area contributed by atoms with Crippen molar-refractivity contribution in [2.75, 3.05) is 26.2 Å². The molecule has 3 rings (SSSR count). The van der Waals surface area contributed by atoms with Gasteiger partial charge in [0.25, 0.3) is 0 Å². The second kappa shape index (κ2) is 5.29. The van der Waals surface area contributed by atoms with E-state index in [1.807, 2.05) is 0 Å². The van der Waals surface area contributed by atoms with Gasteiger partial charge in [-0.05, 0) is 17.7 Å². The van der Waals surface area contributed by atoms with Crippen molar-refractivity contribution in [3.63, 3.8) is 0 Å². The predicted octanol–water partition coefficient (Wildman–Crippen LogP) is 0.672. The lowest BCUT2D eigenvalue weighted by atomic mass is 10.2. The number of aromatic nitrogens is 3. The van der Waals surface area contributed by atoms with Gasteiger partial charge in [-0.2, -0.15) is 5.10 Å². The maximum atomic E-state index is 4.16. The summed E-state index contributed by atoms with van der Waals surface area (Å²) in [5, 5.41) is 7.53. The molecule has 1 aliphatic rings. The Morgan fingerprint density at radius 2 is 2.11 bits per heavy atom. The average Bonchev–Trinajstić information content (AvgIpc) is 2.94. The first-order chi connectivity index (χ1) is 8.92. The normalized spacial score (nSPS) is 16.9. The number of nitrogens with zero attached hydrogens (tertiary/aromatic N) is 4. The van der Waals surface area contributed by atoms with E-state index in [4.69, 9.17) is 0 Å². The first-order valence-electron chi connectivity index (χ1n) is 6.29. The molecular weight excluding hydrogens is 226 g/mol. The number of piperazine rings is 1. The van der Waals surface area contributed by atoms with Crippen molar-refractivity contribution in [3.05, 3.63) is 42.5 Å². The molecule has 1 aromatic carbocycles. The standard InChI is InChI=1S/C13H17N5/c1-2-12(9-17-6-4-14-5-7-17)8-13(3-1)18-11-15-10-16-18/h1-3,8,10-11,14H,4-7,9H2. The Balaban J connectivity index is 1.74. The van der Waals surface area contributed by atoms with Crippen LogP contribution in [-0.4, -0.2) is 45.8 Å². The Labute approximate surface area is 106 Å². The van der Waals surface area contributed by atoms with Crippen molar-refractivity contribution in [1.29, 1.82) is 0 Å². The van der Waals surface area contributed by atoms with E-state index < -0.39 is 0 Å². The van der Waals surface area contributed by atoms with E-state index in [1.165, 1.54) is 5.56 Å². The monoisotopic (exact) mass is 243 g/mol. The summed E-state index contributed by atoms with van der Waals surface area (Å²) in [5.74, 6) is 0. The van der Waals surface area contributed by atoms with Crippen LogP contribution in [0.15, 0.2) is 36.9 Å². The molecule has 0 aliphatic carbocycles. The third-order valence-corrected chi connectivity index (χ3v) is 3.21. The zero-order valence-electron chi connectivity index (χ0n) is 10.3. The summed E-state index contributed by atoms with van der Waals surface area (Å²) in [7, 11) is 0. The van der Waals surface area contributed by atoms with Crippen LogP contribution < -0.4 is 5.32 Å². The van der Waals surface area contributed by atoms with Crippen molar-refractivity contribution >= 4 is 0 Å². The summed E-state index contributed by atoms with van der Waals surface area (Å²) in [6.45, 7) is 5.41. The summed E-state index contributed by atoms with van der Waals surface area (Å²) in [6, 6.07) is 8.48. The van der Waals surface area contributed by atoms with Crippen LogP contribution in [0.5, 0.6) is 0 Å². The van der Waals surface area contributed by atoms with Gasteiger partial charge >= 0.3 is 0 Å². The fourth-order valence-electron chi connectivity index (χ4n) is 2.27. The van der Waals surface area contributed by atoms with Gasteiger partial charge in [-0.3, -0.25) is 4.90 Å². The molecule has 2 heterocycles. The molecule has 1 aliphatic heterocycles. The molecule has 5 heteroatoms. The van der Waals surface area contributed by atoms with Gasteiger partial charge in [-0.15, -0.1) is 0 Å². The van der Waals surface area contributed by atoms with Crippen LogP contribution in [-0.2, 0) is 6.54 Å². The smallest absolute Gasteiger partial charge is 0.138 e. The predicted molar refractivity (Wildman–Crippen MR) is 69.5 cm³/mol. The van der Waals surface area contributed by atoms with Crippen LogP contribution in [0.1, 0.15) is 5.56 Å². The summed E-state index contributed by atoms with van der Waals surface area (Å²) in [4.78, 5) is 6.45. The third kappa shape index (κ3) is 2.57. The highest BCUT2D eigenvalue weighted by atomic mass is 15.3. The fourth-order valence-corrected chi connectivity index (χ4v) is 2.27. The zero-order chi connectivity index (χ0) is 12.2. The van der Waals surface area contributed by atoms with E-state index in [9.17, 15) is 0 Å². The highest BCUT2D eigenvalue weighted by Gasteiger charge is 2.10. The number of nitrogens with one attached hydrogen (secondary N) is 1. The summed E-state index contributed by atoms with van der Waals surface area (Å²) >= 11 is 0. The van der Waals surface area contributed by atoms with Crippen LogP contribution in [0.4, 0.5) is 0 Å². The maximum Gasteiger partial charge on any atom is 0.138 e. The van der Waals surface area contributed by atoms with Gasteiger partial charge in [0.1, 0.15) is 12.7 Å². The fraction of sp³-hybridized carbons (Fsp3) is 0.385. The Morgan fingerprint density at radius 1 is 1.22 bits per heavy atom. The molecule has 0 spiro atoms. The molecule has 94 valence electrons. The van der Waals surface area contributed by atoms with E-state index >= 15 is 0 Å². The largest absolute Gasteiger partial charge is 0.314 e. The van der Waals surface area contributed by atoms with Crippen molar-refractivity contribution in [2.45, 2.75) is 6.54 Å².